The zero-order valence-corrected chi connectivity index (χ0v) is 16.0. The SMILES string of the molecule is CCCCC[Si]1CCC(c2ccc(-c3ccc(F)cc3)c(F)c2)CC1. The van der Waals surface area contributed by atoms with Gasteiger partial charge in [0, 0.05) is 14.4 Å². The maximum absolute atomic E-state index is 14.6. The fourth-order valence-corrected chi connectivity index (χ4v) is 6.90. The molecule has 1 saturated heterocycles. The zero-order chi connectivity index (χ0) is 17.6. The molecule has 0 spiro atoms. The molecule has 0 aromatic heterocycles. The Morgan fingerprint density at radius 2 is 1.68 bits per heavy atom. The van der Waals surface area contributed by atoms with Gasteiger partial charge in [-0.2, -0.15) is 0 Å². The molecule has 25 heavy (non-hydrogen) atoms. The summed E-state index contributed by atoms with van der Waals surface area (Å²) in [7, 11) is -0.154. The Hall–Kier alpha value is -1.48. The van der Waals surface area contributed by atoms with Crippen molar-refractivity contribution >= 4 is 8.80 Å². The van der Waals surface area contributed by atoms with Gasteiger partial charge in [0.2, 0.25) is 0 Å². The third-order valence-corrected chi connectivity index (χ3v) is 8.50. The van der Waals surface area contributed by atoms with Gasteiger partial charge in [0.25, 0.3) is 0 Å². The van der Waals surface area contributed by atoms with E-state index in [1.807, 2.05) is 6.07 Å². The van der Waals surface area contributed by atoms with Gasteiger partial charge in [0.1, 0.15) is 11.6 Å². The maximum atomic E-state index is 14.6. The van der Waals surface area contributed by atoms with Gasteiger partial charge in [-0.3, -0.25) is 0 Å². The molecule has 133 valence electrons. The average molecular weight is 358 g/mol. The fourth-order valence-electron chi connectivity index (χ4n) is 3.88. The van der Waals surface area contributed by atoms with E-state index in [1.54, 1.807) is 18.2 Å². The molecule has 0 bridgehead atoms. The summed E-state index contributed by atoms with van der Waals surface area (Å²) in [5, 5.41) is 0. The summed E-state index contributed by atoms with van der Waals surface area (Å²) in [5.41, 5.74) is 2.43. The highest BCUT2D eigenvalue weighted by Crippen LogP contribution is 2.36. The Morgan fingerprint density at radius 3 is 2.32 bits per heavy atom. The van der Waals surface area contributed by atoms with Gasteiger partial charge in [-0.15, -0.1) is 0 Å². The van der Waals surface area contributed by atoms with Gasteiger partial charge in [-0.25, -0.2) is 8.78 Å². The first-order valence-corrected chi connectivity index (χ1v) is 11.7. The van der Waals surface area contributed by atoms with Crippen molar-refractivity contribution < 1.29 is 8.78 Å². The fraction of sp³-hybridized carbons (Fsp3) is 0.455. The van der Waals surface area contributed by atoms with Gasteiger partial charge >= 0.3 is 0 Å². The normalized spacial score (nSPS) is 16.3. The summed E-state index contributed by atoms with van der Waals surface area (Å²) in [6.45, 7) is 2.26. The van der Waals surface area contributed by atoms with E-state index >= 15 is 0 Å². The molecule has 0 saturated carbocycles. The molecule has 3 heteroatoms. The molecule has 0 nitrogen and oxygen atoms in total. The van der Waals surface area contributed by atoms with Crippen LogP contribution in [-0.2, 0) is 0 Å². The molecule has 1 aliphatic rings. The zero-order valence-electron chi connectivity index (χ0n) is 15.0. The molecule has 1 heterocycles. The van der Waals surface area contributed by atoms with Crippen LogP contribution >= 0.6 is 0 Å². The molecule has 1 radical (unpaired) electrons. The Morgan fingerprint density at radius 1 is 0.960 bits per heavy atom. The summed E-state index contributed by atoms with van der Waals surface area (Å²) in [5.74, 6) is 0.0272. The lowest BCUT2D eigenvalue weighted by atomic mass is 9.91. The monoisotopic (exact) mass is 357 g/mol. The molecule has 0 unspecified atom stereocenters. The second-order valence-electron chi connectivity index (χ2n) is 7.23. The quantitative estimate of drug-likeness (QED) is 0.379. The standard InChI is InChI=1S/C22H27F2Si/c1-2-3-4-13-25-14-11-17(12-15-25)19-7-10-21(22(24)16-19)18-5-8-20(23)9-6-18/h5-10,16-17H,2-4,11-15H2,1H3. The first-order valence-electron chi connectivity index (χ1n) is 9.56. The Kier molecular flexibility index (Phi) is 6.41. The van der Waals surface area contributed by atoms with Crippen LogP contribution < -0.4 is 0 Å². The molecule has 0 aliphatic carbocycles. The van der Waals surface area contributed by atoms with Crippen LogP contribution in [-0.4, -0.2) is 8.80 Å². The van der Waals surface area contributed by atoms with Crippen LogP contribution in [0.4, 0.5) is 8.78 Å². The van der Waals surface area contributed by atoms with Crippen LogP contribution in [0, 0.1) is 11.6 Å². The van der Waals surface area contributed by atoms with Crippen molar-refractivity contribution in [2.75, 3.05) is 0 Å². The van der Waals surface area contributed by atoms with Crippen molar-refractivity contribution in [3.05, 3.63) is 59.7 Å². The number of hydrogen-bond donors (Lipinski definition) is 0. The van der Waals surface area contributed by atoms with Gasteiger partial charge in [-0.1, -0.05) is 68.6 Å². The van der Waals surface area contributed by atoms with Crippen molar-refractivity contribution in [2.24, 2.45) is 0 Å². The molecule has 3 rings (SSSR count). The van der Waals surface area contributed by atoms with Crippen LogP contribution in [0.5, 0.6) is 0 Å². The summed E-state index contributed by atoms with van der Waals surface area (Å²) < 4.78 is 27.6. The largest absolute Gasteiger partial charge is 0.207 e. The molecule has 1 fully saturated rings. The summed E-state index contributed by atoms with van der Waals surface area (Å²) in [6.07, 6.45) is 6.51. The van der Waals surface area contributed by atoms with Crippen molar-refractivity contribution in [1.29, 1.82) is 0 Å². The smallest absolute Gasteiger partial charge is 0.131 e. The second-order valence-corrected chi connectivity index (χ2v) is 10.2. The Bertz CT molecular complexity index is 673. The van der Waals surface area contributed by atoms with E-state index in [0.717, 1.165) is 11.1 Å². The van der Waals surface area contributed by atoms with Gasteiger partial charge in [0.15, 0.2) is 0 Å². The van der Waals surface area contributed by atoms with E-state index in [1.165, 1.54) is 62.4 Å². The van der Waals surface area contributed by atoms with Crippen molar-refractivity contribution in [1.82, 2.24) is 0 Å². The predicted molar refractivity (Wildman–Crippen MR) is 103 cm³/mol. The molecule has 0 amide bonds. The van der Waals surface area contributed by atoms with E-state index < -0.39 is 0 Å². The molecule has 0 atom stereocenters. The van der Waals surface area contributed by atoms with Crippen LogP contribution in [0.1, 0.15) is 50.5 Å². The van der Waals surface area contributed by atoms with Gasteiger partial charge in [-0.05, 0) is 48.1 Å². The minimum absolute atomic E-state index is 0.154. The third-order valence-electron chi connectivity index (χ3n) is 5.45. The van der Waals surface area contributed by atoms with Crippen molar-refractivity contribution in [2.45, 2.75) is 63.1 Å². The van der Waals surface area contributed by atoms with E-state index in [9.17, 15) is 8.78 Å². The van der Waals surface area contributed by atoms with Crippen molar-refractivity contribution in [3.63, 3.8) is 0 Å². The summed E-state index contributed by atoms with van der Waals surface area (Å²) in [6, 6.07) is 15.9. The molecular formula is C22H27F2Si. The van der Waals surface area contributed by atoms with Crippen LogP contribution in [0.25, 0.3) is 11.1 Å². The summed E-state index contributed by atoms with van der Waals surface area (Å²) in [4.78, 5) is 0. The van der Waals surface area contributed by atoms with E-state index in [-0.39, 0.29) is 20.4 Å². The summed E-state index contributed by atoms with van der Waals surface area (Å²) >= 11 is 0. The number of unbranched alkanes of at least 4 members (excludes halogenated alkanes) is 2. The lowest BCUT2D eigenvalue weighted by Crippen LogP contribution is -2.20. The maximum Gasteiger partial charge on any atom is 0.131 e. The third kappa shape index (κ3) is 4.78. The minimum Gasteiger partial charge on any atom is -0.207 e. The van der Waals surface area contributed by atoms with E-state index in [4.69, 9.17) is 0 Å². The number of halogens is 2. The predicted octanol–water partition coefficient (Wildman–Crippen LogP) is 7.19. The van der Waals surface area contributed by atoms with Crippen LogP contribution in [0.2, 0.25) is 18.1 Å². The first-order chi connectivity index (χ1) is 12.2. The molecular weight excluding hydrogens is 330 g/mol. The van der Waals surface area contributed by atoms with E-state index in [2.05, 4.69) is 13.0 Å². The lowest BCUT2D eigenvalue weighted by molar-refractivity contribution is 0.588. The number of rotatable bonds is 6. The van der Waals surface area contributed by atoms with Crippen LogP contribution in [0.3, 0.4) is 0 Å². The molecule has 1 aliphatic heterocycles. The highest BCUT2D eigenvalue weighted by atomic mass is 28.3. The topological polar surface area (TPSA) is 0 Å². The van der Waals surface area contributed by atoms with Crippen LogP contribution in [0.15, 0.2) is 42.5 Å². The lowest BCUT2D eigenvalue weighted by Gasteiger charge is -2.28. The van der Waals surface area contributed by atoms with Crippen molar-refractivity contribution in [3.8, 4) is 11.1 Å². The first kappa shape index (κ1) is 18.3. The molecule has 2 aromatic rings. The highest BCUT2D eigenvalue weighted by molar-refractivity contribution is 6.59. The highest BCUT2D eigenvalue weighted by Gasteiger charge is 2.23. The average Bonchev–Trinajstić information content (AvgIpc) is 2.63. The molecule has 2 aromatic carbocycles. The van der Waals surface area contributed by atoms with E-state index in [0.29, 0.717) is 11.5 Å². The number of hydrogen-bond acceptors (Lipinski definition) is 0. The second kappa shape index (κ2) is 8.75. The molecule has 0 N–H and O–H groups in total. The number of benzene rings is 2. The minimum atomic E-state index is -0.292. The Labute approximate surface area is 151 Å². The van der Waals surface area contributed by atoms with Gasteiger partial charge in [0.05, 0.1) is 0 Å². The van der Waals surface area contributed by atoms with Gasteiger partial charge < -0.3 is 0 Å². The Balaban J connectivity index is 1.63.